The van der Waals surface area contributed by atoms with Gasteiger partial charge in [-0.3, -0.25) is 9.59 Å². The van der Waals surface area contributed by atoms with E-state index in [1.807, 2.05) is 0 Å². The maximum atomic E-state index is 11.2. The van der Waals surface area contributed by atoms with Gasteiger partial charge in [0.2, 0.25) is 0 Å². The number of nitrogens with one attached hydrogen (secondary N) is 1. The van der Waals surface area contributed by atoms with E-state index >= 15 is 0 Å². The molecule has 0 bridgehead atoms. The van der Waals surface area contributed by atoms with Crippen LogP contribution < -0.4 is 11.3 Å². The Hall–Kier alpha value is -2.51. The quantitative estimate of drug-likeness (QED) is 0.599. The molecule has 2 aromatic rings. The predicted molar refractivity (Wildman–Crippen MR) is 65.1 cm³/mol. The van der Waals surface area contributed by atoms with E-state index in [4.69, 9.17) is 15.6 Å². The standard InChI is InChI=1S/C8H9N5O.C2H4O2/c1-3-8(14)13-7-5(10-3)6(9)11-4(2)12-7;1-2(3)4/h1-2H3,(H3,9,11,12,13,14);1H3,(H,3,4). The Morgan fingerprint density at radius 1 is 1.28 bits per heavy atom. The van der Waals surface area contributed by atoms with Crippen molar-refractivity contribution in [3.63, 3.8) is 0 Å². The number of nitrogens with zero attached hydrogens (tertiary/aromatic N) is 3. The van der Waals surface area contributed by atoms with Gasteiger partial charge in [-0.15, -0.1) is 0 Å². The number of aliphatic carboxylic acids is 1. The van der Waals surface area contributed by atoms with E-state index in [0.717, 1.165) is 6.92 Å². The minimum atomic E-state index is -0.833. The van der Waals surface area contributed by atoms with Gasteiger partial charge in [-0.05, 0) is 13.8 Å². The first-order valence-electron chi connectivity index (χ1n) is 5.01. The Labute approximate surface area is 102 Å². The van der Waals surface area contributed by atoms with Gasteiger partial charge in [0.25, 0.3) is 11.5 Å². The number of H-pyrrole nitrogens is 1. The molecule has 0 aliphatic carbocycles. The molecule has 0 spiro atoms. The highest BCUT2D eigenvalue weighted by molar-refractivity contribution is 5.80. The fraction of sp³-hybridized carbons (Fsp3) is 0.300. The number of aromatic nitrogens is 4. The lowest BCUT2D eigenvalue weighted by Crippen LogP contribution is -2.14. The van der Waals surface area contributed by atoms with Crippen molar-refractivity contribution in [1.82, 2.24) is 19.9 Å². The second-order valence-corrected chi connectivity index (χ2v) is 3.52. The number of carboxylic acid groups (broad SMARTS) is 1. The van der Waals surface area contributed by atoms with Crippen molar-refractivity contribution in [1.29, 1.82) is 0 Å². The van der Waals surface area contributed by atoms with Crippen LogP contribution in [-0.2, 0) is 4.79 Å². The summed E-state index contributed by atoms with van der Waals surface area (Å²) in [4.78, 5) is 34.8. The zero-order chi connectivity index (χ0) is 13.9. The molecule has 0 aliphatic heterocycles. The highest BCUT2D eigenvalue weighted by Gasteiger charge is 2.06. The number of nitrogens with two attached hydrogens (primary N) is 1. The summed E-state index contributed by atoms with van der Waals surface area (Å²) in [5.41, 5.74) is 6.56. The van der Waals surface area contributed by atoms with E-state index in [9.17, 15) is 4.79 Å². The molecule has 0 saturated heterocycles. The molecule has 0 atom stereocenters. The monoisotopic (exact) mass is 251 g/mol. The van der Waals surface area contributed by atoms with Crippen molar-refractivity contribution in [2.24, 2.45) is 0 Å². The summed E-state index contributed by atoms with van der Waals surface area (Å²) >= 11 is 0. The molecular weight excluding hydrogens is 238 g/mol. The van der Waals surface area contributed by atoms with E-state index in [1.54, 1.807) is 13.8 Å². The van der Waals surface area contributed by atoms with Crippen LogP contribution in [0.5, 0.6) is 0 Å². The van der Waals surface area contributed by atoms with Gasteiger partial charge in [0.15, 0.2) is 11.5 Å². The first-order valence-corrected chi connectivity index (χ1v) is 5.01. The van der Waals surface area contributed by atoms with E-state index in [2.05, 4.69) is 19.9 Å². The number of nitrogen functional groups attached to an aromatic ring is 1. The number of fused-ring (bicyclic) bond motifs is 1. The molecule has 8 heteroatoms. The SMILES string of the molecule is CC(=O)O.Cc1nc(N)c2nc(C)c(=O)[nH]c2n1. The molecule has 2 aromatic heterocycles. The van der Waals surface area contributed by atoms with Gasteiger partial charge in [-0.1, -0.05) is 0 Å². The van der Waals surface area contributed by atoms with Crippen LogP contribution in [-0.4, -0.2) is 31.0 Å². The summed E-state index contributed by atoms with van der Waals surface area (Å²) in [6.07, 6.45) is 0. The average Bonchev–Trinajstić information content (AvgIpc) is 2.20. The number of aromatic amines is 1. The van der Waals surface area contributed by atoms with Gasteiger partial charge in [0, 0.05) is 6.92 Å². The lowest BCUT2D eigenvalue weighted by atomic mass is 10.4. The Morgan fingerprint density at radius 2 is 1.83 bits per heavy atom. The number of hydrogen-bond donors (Lipinski definition) is 3. The normalized spacial score (nSPS) is 9.72. The number of rotatable bonds is 0. The number of carbonyl (C=O) groups is 1. The highest BCUT2D eigenvalue weighted by Crippen LogP contribution is 2.11. The van der Waals surface area contributed by atoms with Crippen LogP contribution in [0.1, 0.15) is 18.4 Å². The minimum absolute atomic E-state index is 0.255. The molecule has 4 N–H and O–H groups in total. The van der Waals surface area contributed by atoms with Crippen molar-refractivity contribution in [2.75, 3.05) is 5.73 Å². The summed E-state index contributed by atoms with van der Waals surface area (Å²) < 4.78 is 0. The first-order chi connectivity index (χ1) is 8.31. The van der Waals surface area contributed by atoms with Crippen LogP contribution in [0.4, 0.5) is 5.82 Å². The van der Waals surface area contributed by atoms with Gasteiger partial charge in [-0.2, -0.15) is 0 Å². The average molecular weight is 251 g/mol. The second-order valence-electron chi connectivity index (χ2n) is 3.52. The van der Waals surface area contributed by atoms with Gasteiger partial charge >= 0.3 is 0 Å². The summed E-state index contributed by atoms with van der Waals surface area (Å²) in [7, 11) is 0. The first kappa shape index (κ1) is 13.6. The summed E-state index contributed by atoms with van der Waals surface area (Å²) in [6, 6.07) is 0. The third kappa shape index (κ3) is 3.24. The number of hydrogen-bond acceptors (Lipinski definition) is 6. The van der Waals surface area contributed by atoms with Crippen molar-refractivity contribution in [2.45, 2.75) is 20.8 Å². The third-order valence-corrected chi connectivity index (χ3v) is 1.86. The minimum Gasteiger partial charge on any atom is -0.481 e. The van der Waals surface area contributed by atoms with Crippen LogP contribution in [0, 0.1) is 13.8 Å². The zero-order valence-corrected chi connectivity index (χ0v) is 10.2. The lowest BCUT2D eigenvalue weighted by Gasteiger charge is -2.01. The van der Waals surface area contributed by atoms with E-state index in [-0.39, 0.29) is 11.4 Å². The summed E-state index contributed by atoms with van der Waals surface area (Å²) in [5, 5.41) is 7.42. The number of aryl methyl sites for hydroxylation is 2. The Kier molecular flexibility index (Phi) is 3.93. The van der Waals surface area contributed by atoms with Gasteiger partial charge < -0.3 is 15.8 Å². The maximum absolute atomic E-state index is 11.2. The van der Waals surface area contributed by atoms with Crippen LogP contribution in [0.2, 0.25) is 0 Å². The van der Waals surface area contributed by atoms with Crippen LogP contribution >= 0.6 is 0 Å². The zero-order valence-electron chi connectivity index (χ0n) is 10.2. The van der Waals surface area contributed by atoms with Crippen molar-refractivity contribution < 1.29 is 9.90 Å². The molecule has 0 aliphatic rings. The molecule has 18 heavy (non-hydrogen) atoms. The Balaban J connectivity index is 0.000000357. The molecule has 0 unspecified atom stereocenters. The second kappa shape index (κ2) is 5.21. The van der Waals surface area contributed by atoms with Crippen molar-refractivity contribution >= 4 is 23.0 Å². The van der Waals surface area contributed by atoms with Gasteiger partial charge in [0.05, 0.1) is 0 Å². The van der Waals surface area contributed by atoms with Crippen molar-refractivity contribution in [3.05, 3.63) is 21.9 Å². The fourth-order valence-electron chi connectivity index (χ4n) is 1.20. The Bertz CT molecular complexity index is 646. The fourth-order valence-corrected chi connectivity index (χ4v) is 1.20. The molecular formula is C10H13N5O3. The molecule has 96 valence electrons. The molecule has 0 amide bonds. The van der Waals surface area contributed by atoms with E-state index in [0.29, 0.717) is 22.7 Å². The molecule has 0 radical (unpaired) electrons. The van der Waals surface area contributed by atoms with Crippen LogP contribution in [0.3, 0.4) is 0 Å². The number of carboxylic acids is 1. The maximum Gasteiger partial charge on any atom is 0.300 e. The summed E-state index contributed by atoms with van der Waals surface area (Å²) in [6.45, 7) is 4.39. The molecule has 0 saturated carbocycles. The molecule has 2 rings (SSSR count). The van der Waals surface area contributed by atoms with Crippen molar-refractivity contribution in [3.8, 4) is 0 Å². The van der Waals surface area contributed by atoms with E-state index in [1.165, 1.54) is 0 Å². The van der Waals surface area contributed by atoms with Gasteiger partial charge in [0.1, 0.15) is 17.0 Å². The topological polar surface area (TPSA) is 135 Å². The van der Waals surface area contributed by atoms with Crippen LogP contribution in [0.15, 0.2) is 4.79 Å². The largest absolute Gasteiger partial charge is 0.481 e. The Morgan fingerprint density at radius 3 is 2.39 bits per heavy atom. The van der Waals surface area contributed by atoms with E-state index < -0.39 is 5.97 Å². The van der Waals surface area contributed by atoms with Crippen LogP contribution in [0.25, 0.3) is 11.2 Å². The molecule has 0 aromatic carbocycles. The molecule has 0 fully saturated rings. The predicted octanol–water partition coefficient (Wildman–Crippen LogP) is 0.00304. The van der Waals surface area contributed by atoms with Gasteiger partial charge in [-0.25, -0.2) is 15.0 Å². The highest BCUT2D eigenvalue weighted by atomic mass is 16.4. The number of anilines is 1. The molecule has 2 heterocycles. The smallest absolute Gasteiger partial charge is 0.300 e. The lowest BCUT2D eigenvalue weighted by molar-refractivity contribution is -0.134. The molecule has 8 nitrogen and oxygen atoms in total. The summed E-state index contributed by atoms with van der Waals surface area (Å²) in [5.74, 6) is -0.0387. The third-order valence-electron chi connectivity index (χ3n) is 1.86.